The molecule has 60 heavy (non-hydrogen) atoms. The van der Waals surface area contributed by atoms with Gasteiger partial charge in [-0.1, -0.05) is 54.3 Å². The molecule has 19 heteroatoms. The van der Waals surface area contributed by atoms with Crippen LogP contribution in [-0.4, -0.2) is 86.9 Å². The standard InChI is InChI=1S/C41H50N4O12S3/c1-7-43-33-21-19-30(60(51,52)42(6)24-13-17-39(48)53-45-37(46)22-23-38(45)47)28-32(33)41(4,5)35(43)15-11-9-8-10-12-16-36-40(2,3)31-27-29(59-57-55-50)18-20-34(31)44(36)25-14-26-58-56-54-49/h8-12,15-16,18-23,27-28H,7,13-14,17,24-26H2,1-6H3,(H3-,46,47,49,50)/p+1. The Labute approximate surface area is 358 Å². The molecule has 0 amide bonds. The van der Waals surface area contributed by atoms with Gasteiger partial charge in [0.2, 0.25) is 27.5 Å². The Morgan fingerprint density at radius 1 is 0.883 bits per heavy atom. The first kappa shape index (κ1) is 46.7. The smallest absolute Gasteiger partial charge is 0.333 e. The topological polar surface area (TPSA) is 193 Å². The summed E-state index contributed by atoms with van der Waals surface area (Å²) in [4.78, 5) is 20.3. The molecule has 0 unspecified atom stereocenters. The Bertz CT molecular complexity index is 2260. The first-order valence-corrected chi connectivity index (χ1v) is 22.1. The molecule has 1 aromatic heterocycles. The van der Waals surface area contributed by atoms with E-state index in [4.69, 9.17) is 15.4 Å². The number of allylic oxidation sites excluding steroid dienone is 8. The molecule has 2 aliphatic rings. The first-order valence-electron chi connectivity index (χ1n) is 19.0. The van der Waals surface area contributed by atoms with Crippen molar-refractivity contribution in [1.82, 2.24) is 9.04 Å². The number of carbonyl (C=O) groups is 1. The van der Waals surface area contributed by atoms with Crippen LogP contribution in [0, 0.1) is 0 Å². The highest BCUT2D eigenvalue weighted by Crippen LogP contribution is 2.48. The van der Waals surface area contributed by atoms with Gasteiger partial charge >= 0.3 is 5.97 Å². The summed E-state index contributed by atoms with van der Waals surface area (Å²) >= 11 is 1.92. The third kappa shape index (κ3) is 10.4. The van der Waals surface area contributed by atoms with Crippen molar-refractivity contribution in [2.45, 2.75) is 74.5 Å². The molecule has 16 nitrogen and oxygen atoms in total. The molecular weight excluding hydrogens is 837 g/mol. The minimum atomic E-state index is -3.90. The molecule has 0 bridgehead atoms. The molecule has 3 heterocycles. The number of hydrogen-bond donors (Lipinski definition) is 4. The summed E-state index contributed by atoms with van der Waals surface area (Å²) in [5.41, 5.74) is 5.13. The maximum Gasteiger partial charge on any atom is 0.333 e. The molecular formula is C41H51N4O12S3+. The molecule has 2 aromatic carbocycles. The number of aromatic nitrogens is 1. The van der Waals surface area contributed by atoms with Gasteiger partial charge in [0.05, 0.1) is 22.4 Å². The van der Waals surface area contributed by atoms with Crippen LogP contribution in [0.4, 0.5) is 11.4 Å². The van der Waals surface area contributed by atoms with E-state index >= 15 is 0 Å². The molecule has 0 atom stereocenters. The number of hydrogen-bond acceptors (Lipinski definition) is 15. The van der Waals surface area contributed by atoms with Gasteiger partial charge in [0.15, 0.2) is 5.71 Å². The zero-order chi connectivity index (χ0) is 43.7. The van der Waals surface area contributed by atoms with Crippen LogP contribution in [0.2, 0.25) is 0 Å². The second-order valence-electron chi connectivity index (χ2n) is 14.9. The minimum Gasteiger partial charge on any atom is -0.492 e. The maximum atomic E-state index is 13.7. The maximum absolute atomic E-state index is 13.7. The van der Waals surface area contributed by atoms with Gasteiger partial charge in [0.1, 0.15) is 6.54 Å². The second kappa shape index (κ2) is 20.4. The fourth-order valence-electron chi connectivity index (χ4n) is 7.37. The summed E-state index contributed by atoms with van der Waals surface area (Å²) in [5, 5.41) is 44.0. The van der Waals surface area contributed by atoms with Crippen molar-refractivity contribution in [2.24, 2.45) is 0 Å². The van der Waals surface area contributed by atoms with E-state index in [0.717, 1.165) is 69.3 Å². The van der Waals surface area contributed by atoms with Crippen molar-refractivity contribution in [2.75, 3.05) is 37.3 Å². The lowest BCUT2D eigenvalue weighted by Gasteiger charge is -2.25. The lowest BCUT2D eigenvalue weighted by Crippen LogP contribution is -2.29. The normalized spacial score (nSPS) is 16.7. The number of likely N-dealkylation sites (N-methyl/N-ethyl adjacent to an activating group) is 1. The molecule has 2 aliphatic heterocycles. The van der Waals surface area contributed by atoms with E-state index < -0.39 is 33.2 Å². The zero-order valence-electron chi connectivity index (χ0n) is 34.2. The van der Waals surface area contributed by atoms with Gasteiger partial charge in [-0.25, -0.2) is 28.0 Å². The number of aromatic hydroxyl groups is 2. The number of benzene rings is 2. The summed E-state index contributed by atoms with van der Waals surface area (Å²) in [6.45, 7) is 11.9. The Hall–Kier alpha value is -4.41. The van der Waals surface area contributed by atoms with Crippen molar-refractivity contribution in [1.29, 1.82) is 0 Å². The fourth-order valence-corrected chi connectivity index (χ4v) is 9.36. The third-order valence-corrected chi connectivity index (χ3v) is 13.4. The Kier molecular flexibility index (Phi) is 15.9. The highest BCUT2D eigenvalue weighted by Gasteiger charge is 2.44. The number of rotatable bonds is 21. The van der Waals surface area contributed by atoms with Crippen molar-refractivity contribution >= 4 is 57.2 Å². The van der Waals surface area contributed by atoms with E-state index in [-0.39, 0.29) is 29.7 Å². The van der Waals surface area contributed by atoms with Crippen molar-refractivity contribution < 1.29 is 62.1 Å². The Morgan fingerprint density at radius 2 is 1.58 bits per heavy atom. The molecule has 3 aromatic rings. The van der Waals surface area contributed by atoms with E-state index in [1.807, 2.05) is 67.6 Å². The molecule has 5 rings (SSSR count). The van der Waals surface area contributed by atoms with Gasteiger partial charge < -0.3 is 20.0 Å². The predicted molar refractivity (Wildman–Crippen MR) is 228 cm³/mol. The van der Waals surface area contributed by atoms with Crippen LogP contribution in [-0.2, 0) is 44.4 Å². The molecule has 0 radical (unpaired) electrons. The van der Waals surface area contributed by atoms with Gasteiger partial charge in [-0.3, -0.25) is 0 Å². The number of carbonyl (C=O) groups excluding carboxylic acids is 1. The zero-order valence-corrected chi connectivity index (χ0v) is 36.6. The van der Waals surface area contributed by atoms with Crippen LogP contribution in [0.1, 0.15) is 65.0 Å². The quantitative estimate of drug-likeness (QED) is 0.0204. The van der Waals surface area contributed by atoms with Gasteiger partial charge in [-0.15, -0.1) is 13.4 Å². The van der Waals surface area contributed by atoms with Crippen LogP contribution in [0.5, 0.6) is 11.8 Å². The molecule has 4 N–H and O–H groups in total. The molecule has 324 valence electrons. The molecule has 0 saturated carbocycles. The van der Waals surface area contributed by atoms with Crippen LogP contribution in [0.3, 0.4) is 0 Å². The Morgan fingerprint density at radius 3 is 2.28 bits per heavy atom. The second-order valence-corrected chi connectivity index (χ2v) is 18.5. The molecule has 0 saturated heterocycles. The van der Waals surface area contributed by atoms with Gasteiger partial charge in [0.25, 0.3) is 0 Å². The van der Waals surface area contributed by atoms with E-state index in [0.29, 0.717) is 23.6 Å². The van der Waals surface area contributed by atoms with Crippen LogP contribution in [0.25, 0.3) is 0 Å². The van der Waals surface area contributed by atoms with Crippen molar-refractivity contribution in [3.05, 3.63) is 108 Å². The van der Waals surface area contributed by atoms with E-state index in [1.54, 1.807) is 12.1 Å². The van der Waals surface area contributed by atoms with Gasteiger partial charge in [-0.2, -0.15) is 4.58 Å². The minimum absolute atomic E-state index is 0.0416. The van der Waals surface area contributed by atoms with E-state index in [2.05, 4.69) is 62.0 Å². The summed E-state index contributed by atoms with van der Waals surface area (Å²) in [6.07, 6.45) is 14.7. The molecule has 0 aliphatic carbocycles. The van der Waals surface area contributed by atoms with E-state index in [1.165, 1.54) is 23.5 Å². The first-order chi connectivity index (χ1) is 28.6. The van der Waals surface area contributed by atoms with Gasteiger partial charge in [0, 0.05) is 102 Å². The predicted octanol–water partition coefficient (Wildman–Crippen LogP) is 7.59. The van der Waals surface area contributed by atoms with Crippen LogP contribution < -0.4 is 9.74 Å². The van der Waals surface area contributed by atoms with Crippen molar-refractivity contribution in [3.63, 3.8) is 0 Å². The monoisotopic (exact) mass is 887 g/mol. The Balaban J connectivity index is 1.26. The van der Waals surface area contributed by atoms with Crippen molar-refractivity contribution in [3.8, 4) is 11.8 Å². The molecule has 0 fully saturated rings. The summed E-state index contributed by atoms with van der Waals surface area (Å²) < 4.78 is 40.6. The average Bonchev–Trinajstić information content (AvgIpc) is 3.73. The summed E-state index contributed by atoms with van der Waals surface area (Å²) in [7, 11) is -2.45. The third-order valence-electron chi connectivity index (χ3n) is 10.4. The lowest BCUT2D eigenvalue weighted by atomic mass is 9.81. The highest BCUT2D eigenvalue weighted by molar-refractivity contribution is 7.94. The number of sulfonamides is 1. The lowest BCUT2D eigenvalue weighted by molar-refractivity contribution is -0.438. The number of anilines is 1. The largest absolute Gasteiger partial charge is 0.492 e. The fraction of sp³-hybridized carbons (Fsp3) is 0.366. The van der Waals surface area contributed by atoms with Crippen LogP contribution >= 0.6 is 24.1 Å². The number of fused-ring (bicyclic) bond motifs is 2. The van der Waals surface area contributed by atoms with Crippen LogP contribution in [0.15, 0.2) is 107 Å². The number of nitrogens with zero attached hydrogens (tertiary/aromatic N) is 4. The summed E-state index contributed by atoms with van der Waals surface area (Å²) in [5.74, 6) is -1.03. The highest BCUT2D eigenvalue weighted by atomic mass is 32.2. The average molecular weight is 888 g/mol. The molecule has 0 spiro atoms. The SMILES string of the molecule is CCN1C(=CC=CC=CC=CC2=[N+](CCCSOOO)c3ccc(SOOO)cc3C2(C)C)C(C)(C)c2cc(S(=O)(=O)N(C)CCCC(=O)On3c(O)ccc3O)ccc21. The summed E-state index contributed by atoms with van der Waals surface area (Å²) in [6, 6.07) is 13.4. The van der Waals surface area contributed by atoms with Gasteiger partial charge in [-0.05, 0) is 69.2 Å². The van der Waals surface area contributed by atoms with E-state index in [9.17, 15) is 23.4 Å².